The second-order valence-electron chi connectivity index (χ2n) is 8.76. The molecule has 0 atom stereocenters. The first-order valence-corrected chi connectivity index (χ1v) is 14.3. The molecule has 0 saturated carbocycles. The van der Waals surface area contributed by atoms with Crippen molar-refractivity contribution < 1.29 is 18.7 Å². The van der Waals surface area contributed by atoms with Gasteiger partial charge in [-0.2, -0.15) is 9.78 Å². The largest absolute Gasteiger partial charge is 0.490 e. The molecule has 11 heteroatoms. The van der Waals surface area contributed by atoms with Crippen molar-refractivity contribution in [1.82, 2.24) is 9.66 Å². The lowest BCUT2D eigenvalue weighted by Gasteiger charge is -2.14. The van der Waals surface area contributed by atoms with Crippen molar-refractivity contribution in [1.29, 1.82) is 0 Å². The Bertz CT molecular complexity index is 1620. The van der Waals surface area contributed by atoms with Gasteiger partial charge in [0.25, 0.3) is 11.5 Å². The molecule has 8 nitrogen and oxygen atoms in total. The summed E-state index contributed by atoms with van der Waals surface area (Å²) in [4.78, 5) is 30.4. The number of carbonyl (C=O) groups is 1. The average Bonchev–Trinajstić information content (AvgIpc) is 2.92. The van der Waals surface area contributed by atoms with Crippen molar-refractivity contribution in [2.45, 2.75) is 33.1 Å². The second-order valence-corrected chi connectivity index (χ2v) is 10.5. The normalized spacial score (nSPS) is 11.2. The summed E-state index contributed by atoms with van der Waals surface area (Å²) < 4.78 is 27.6. The molecule has 4 aromatic rings. The molecule has 0 unspecified atom stereocenters. The van der Waals surface area contributed by atoms with Crippen LogP contribution in [0.25, 0.3) is 10.9 Å². The van der Waals surface area contributed by atoms with Gasteiger partial charge in [-0.25, -0.2) is 9.37 Å². The summed E-state index contributed by atoms with van der Waals surface area (Å²) in [5.41, 5.74) is 1.31. The van der Waals surface area contributed by atoms with Gasteiger partial charge in [0.2, 0.25) is 0 Å². The molecule has 1 aromatic heterocycles. The zero-order chi connectivity index (χ0) is 28.6. The molecule has 3 aromatic carbocycles. The van der Waals surface area contributed by atoms with Crippen molar-refractivity contribution in [2.24, 2.45) is 5.10 Å². The minimum absolute atomic E-state index is 0.265. The van der Waals surface area contributed by atoms with Crippen LogP contribution in [0, 0.1) is 5.82 Å². The number of halogens is 3. The number of ether oxygens (including phenoxy) is 2. The zero-order valence-electron chi connectivity index (χ0n) is 21.9. The van der Waals surface area contributed by atoms with E-state index in [1.54, 1.807) is 30.5 Å². The summed E-state index contributed by atoms with van der Waals surface area (Å²) in [7, 11) is 0. The maximum absolute atomic E-state index is 13.4. The van der Waals surface area contributed by atoms with Gasteiger partial charge in [0, 0.05) is 26.6 Å². The first-order valence-electron chi connectivity index (χ1n) is 12.7. The van der Waals surface area contributed by atoms with Crippen LogP contribution in [0.2, 0.25) is 0 Å². The van der Waals surface area contributed by atoms with Gasteiger partial charge in [0.15, 0.2) is 18.1 Å². The van der Waals surface area contributed by atoms with Crippen LogP contribution in [-0.2, 0) is 11.2 Å². The lowest BCUT2D eigenvalue weighted by atomic mass is 10.2. The highest BCUT2D eigenvalue weighted by Gasteiger charge is 2.14. The number of aryl methyl sites for hydroxylation is 1. The number of nitrogens with one attached hydrogen (secondary N) is 1. The number of amides is 1. The molecular weight excluding hydrogens is 647 g/mol. The van der Waals surface area contributed by atoms with E-state index in [2.05, 4.69) is 49.2 Å². The maximum atomic E-state index is 13.4. The van der Waals surface area contributed by atoms with E-state index >= 15 is 0 Å². The van der Waals surface area contributed by atoms with Gasteiger partial charge in [0.05, 0.1) is 23.7 Å². The van der Waals surface area contributed by atoms with E-state index in [1.165, 1.54) is 22.9 Å². The Morgan fingerprint density at radius 2 is 1.90 bits per heavy atom. The molecule has 0 spiro atoms. The number of anilines is 1. The second kappa shape index (κ2) is 13.7. The molecule has 0 aliphatic rings. The molecule has 4 rings (SSSR count). The standard InChI is InChI=1S/C29H27Br2FN4O4/c1-3-5-9-27-35-24-11-10-19(30)13-22(24)29(38)36(27)33-16-18-12-25(39-4-2)26(15-23(18)31)40-17-28(37)34-21-8-6-7-20(32)14-21/h6-8,10-16H,3-5,9,17H2,1-2H3,(H,34,37). The van der Waals surface area contributed by atoms with Crippen LogP contribution in [0.15, 0.2) is 73.4 Å². The number of hydrogen-bond donors (Lipinski definition) is 1. The quantitative estimate of drug-likeness (QED) is 0.179. The molecule has 0 saturated heterocycles. The van der Waals surface area contributed by atoms with E-state index < -0.39 is 11.7 Å². The van der Waals surface area contributed by atoms with Crippen molar-refractivity contribution in [2.75, 3.05) is 18.5 Å². The summed E-state index contributed by atoms with van der Waals surface area (Å²) in [6, 6.07) is 14.4. The number of benzene rings is 3. The molecule has 1 N–H and O–H groups in total. The van der Waals surface area contributed by atoms with Gasteiger partial charge in [-0.1, -0.05) is 35.3 Å². The minimum atomic E-state index is -0.454. The van der Waals surface area contributed by atoms with Crippen LogP contribution in [0.1, 0.15) is 38.1 Å². The fourth-order valence-electron chi connectivity index (χ4n) is 3.87. The van der Waals surface area contributed by atoms with Gasteiger partial charge in [0.1, 0.15) is 11.6 Å². The summed E-state index contributed by atoms with van der Waals surface area (Å²) >= 11 is 6.95. The zero-order valence-corrected chi connectivity index (χ0v) is 25.1. The highest BCUT2D eigenvalue weighted by Crippen LogP contribution is 2.33. The summed E-state index contributed by atoms with van der Waals surface area (Å²) in [5.74, 6) is 0.390. The molecule has 0 bridgehead atoms. The molecule has 40 heavy (non-hydrogen) atoms. The number of fused-ring (bicyclic) bond motifs is 1. The number of hydrogen-bond acceptors (Lipinski definition) is 6. The molecule has 208 valence electrons. The van der Waals surface area contributed by atoms with E-state index in [4.69, 9.17) is 14.5 Å². The van der Waals surface area contributed by atoms with E-state index in [0.29, 0.717) is 57.0 Å². The van der Waals surface area contributed by atoms with Crippen LogP contribution >= 0.6 is 31.9 Å². The number of unbranched alkanes of at least 4 members (excludes halogenated alkanes) is 1. The third-order valence-electron chi connectivity index (χ3n) is 5.77. The van der Waals surface area contributed by atoms with E-state index in [0.717, 1.165) is 17.3 Å². The molecule has 0 fully saturated rings. The number of aromatic nitrogens is 2. The lowest BCUT2D eigenvalue weighted by molar-refractivity contribution is -0.118. The Hall–Kier alpha value is -3.57. The third kappa shape index (κ3) is 7.33. The molecule has 0 aliphatic heterocycles. The third-order valence-corrected chi connectivity index (χ3v) is 6.95. The van der Waals surface area contributed by atoms with Crippen LogP contribution in [-0.4, -0.2) is 35.0 Å². The average molecular weight is 674 g/mol. The Labute approximate surface area is 247 Å². The van der Waals surface area contributed by atoms with Crippen molar-refractivity contribution in [3.8, 4) is 11.5 Å². The van der Waals surface area contributed by atoms with Crippen LogP contribution in [0.5, 0.6) is 11.5 Å². The maximum Gasteiger partial charge on any atom is 0.282 e. The van der Waals surface area contributed by atoms with Gasteiger partial charge in [-0.3, -0.25) is 9.59 Å². The molecule has 1 heterocycles. The first kappa shape index (κ1) is 29.4. The first-order chi connectivity index (χ1) is 19.3. The topological polar surface area (TPSA) is 94.8 Å². The summed E-state index contributed by atoms with van der Waals surface area (Å²) in [6.07, 6.45) is 3.96. The van der Waals surface area contributed by atoms with Gasteiger partial charge in [-0.15, -0.1) is 0 Å². The van der Waals surface area contributed by atoms with E-state index in [9.17, 15) is 14.0 Å². The van der Waals surface area contributed by atoms with Gasteiger partial charge in [-0.05, 0) is 77.8 Å². The number of nitrogens with zero attached hydrogens (tertiary/aromatic N) is 3. The lowest BCUT2D eigenvalue weighted by Crippen LogP contribution is -2.22. The van der Waals surface area contributed by atoms with E-state index in [1.807, 2.05) is 19.1 Å². The minimum Gasteiger partial charge on any atom is -0.490 e. The Morgan fingerprint density at radius 1 is 1.10 bits per heavy atom. The predicted octanol–water partition coefficient (Wildman–Crippen LogP) is 6.70. The summed E-state index contributed by atoms with van der Waals surface area (Å²) in [6.45, 7) is 3.94. The van der Waals surface area contributed by atoms with Crippen LogP contribution in [0.3, 0.4) is 0 Å². The predicted molar refractivity (Wildman–Crippen MR) is 161 cm³/mol. The van der Waals surface area contributed by atoms with Gasteiger partial charge >= 0.3 is 0 Å². The fourth-order valence-corrected chi connectivity index (χ4v) is 4.65. The number of carbonyl (C=O) groups excluding carboxylic acids is 1. The monoisotopic (exact) mass is 672 g/mol. The molecule has 1 amide bonds. The molecule has 0 aliphatic carbocycles. The fraction of sp³-hybridized carbons (Fsp3) is 0.241. The highest BCUT2D eigenvalue weighted by atomic mass is 79.9. The highest BCUT2D eigenvalue weighted by molar-refractivity contribution is 9.10. The van der Waals surface area contributed by atoms with Crippen molar-refractivity contribution in [3.05, 3.63) is 91.1 Å². The van der Waals surface area contributed by atoms with Crippen molar-refractivity contribution >= 4 is 60.6 Å². The SMILES string of the molecule is CCCCc1nc2ccc(Br)cc2c(=O)n1N=Cc1cc(OCC)c(OCC(=O)Nc2cccc(F)c2)cc1Br. The number of rotatable bonds is 11. The Balaban J connectivity index is 1.61. The Morgan fingerprint density at radius 3 is 2.65 bits per heavy atom. The van der Waals surface area contributed by atoms with Crippen LogP contribution in [0.4, 0.5) is 10.1 Å². The molecular formula is C29H27Br2FN4O4. The van der Waals surface area contributed by atoms with Gasteiger partial charge < -0.3 is 14.8 Å². The Kier molecular flexibility index (Phi) is 10.1. The molecule has 0 radical (unpaired) electrons. The summed E-state index contributed by atoms with van der Waals surface area (Å²) in [5, 5.41) is 7.56. The van der Waals surface area contributed by atoms with E-state index in [-0.39, 0.29) is 12.2 Å². The smallest absolute Gasteiger partial charge is 0.282 e. The van der Waals surface area contributed by atoms with Crippen LogP contribution < -0.4 is 20.3 Å². The van der Waals surface area contributed by atoms with Crippen molar-refractivity contribution in [3.63, 3.8) is 0 Å².